The Hall–Kier alpha value is -1.78. The van der Waals surface area contributed by atoms with Crippen LogP contribution in [0.3, 0.4) is 0 Å². The molecule has 2 aromatic rings. The number of non-ortho nitro benzene ring substituents is 1. The maximum atomic E-state index is 11.9. The summed E-state index contributed by atoms with van der Waals surface area (Å²) in [5.41, 5.74) is 0.819. The van der Waals surface area contributed by atoms with Gasteiger partial charge in [-0.25, -0.2) is 4.79 Å². The lowest BCUT2D eigenvalue weighted by Gasteiger charge is -2.08. The number of hydrogen-bond donors (Lipinski definition) is 1. The fourth-order valence-electron chi connectivity index (χ4n) is 1.69. The molecule has 0 atom stereocenters. The van der Waals surface area contributed by atoms with E-state index in [4.69, 9.17) is 4.74 Å². The van der Waals surface area contributed by atoms with Crippen molar-refractivity contribution >= 4 is 66.4 Å². The first-order valence-electron chi connectivity index (χ1n) is 6.44. The number of thiophene rings is 1. The Labute approximate surface area is 157 Å². The monoisotopic (exact) mass is 476 g/mol. The molecule has 1 aromatic carbocycles. The summed E-state index contributed by atoms with van der Waals surface area (Å²) in [4.78, 5) is 34.3. The van der Waals surface area contributed by atoms with E-state index in [-0.39, 0.29) is 5.69 Å². The van der Waals surface area contributed by atoms with E-state index in [1.165, 1.54) is 29.5 Å². The molecule has 1 heterocycles. The number of nitro groups is 1. The Morgan fingerprint density at radius 1 is 1.33 bits per heavy atom. The van der Waals surface area contributed by atoms with Crippen LogP contribution in [0.25, 0.3) is 0 Å². The number of halogens is 2. The first-order chi connectivity index (χ1) is 11.3. The average molecular weight is 478 g/mol. The second-order valence-electron chi connectivity index (χ2n) is 4.61. The van der Waals surface area contributed by atoms with Crippen LogP contribution < -0.4 is 5.32 Å². The predicted octanol–water partition coefficient (Wildman–Crippen LogP) is 4.29. The van der Waals surface area contributed by atoms with Crippen molar-refractivity contribution in [1.29, 1.82) is 0 Å². The van der Waals surface area contributed by atoms with Crippen LogP contribution in [-0.4, -0.2) is 23.4 Å². The van der Waals surface area contributed by atoms with Gasteiger partial charge in [0.15, 0.2) is 6.61 Å². The maximum Gasteiger partial charge on any atom is 0.348 e. The van der Waals surface area contributed by atoms with E-state index in [1.807, 2.05) is 0 Å². The van der Waals surface area contributed by atoms with Crippen molar-refractivity contribution < 1.29 is 19.2 Å². The molecule has 0 bridgehead atoms. The number of nitrogens with zero attached hydrogens (tertiary/aromatic N) is 1. The van der Waals surface area contributed by atoms with E-state index >= 15 is 0 Å². The molecule has 7 nitrogen and oxygen atoms in total. The number of anilines is 1. The average Bonchev–Trinajstić information content (AvgIpc) is 2.86. The molecule has 10 heteroatoms. The molecule has 0 spiro atoms. The van der Waals surface area contributed by atoms with E-state index in [9.17, 15) is 19.7 Å². The third-order valence-electron chi connectivity index (χ3n) is 2.89. The van der Waals surface area contributed by atoms with Crippen LogP contribution in [0.15, 0.2) is 32.5 Å². The van der Waals surface area contributed by atoms with Gasteiger partial charge in [-0.05, 0) is 50.4 Å². The molecular weight excluding hydrogens is 468 g/mol. The zero-order valence-corrected chi connectivity index (χ0v) is 16.2. The van der Waals surface area contributed by atoms with E-state index in [1.54, 1.807) is 13.0 Å². The van der Waals surface area contributed by atoms with Crippen LogP contribution in [-0.2, 0) is 9.53 Å². The minimum Gasteiger partial charge on any atom is -0.451 e. The van der Waals surface area contributed by atoms with Crippen LogP contribution in [0.2, 0.25) is 0 Å². The lowest BCUT2D eigenvalue weighted by Crippen LogP contribution is -2.21. The lowest BCUT2D eigenvalue weighted by atomic mass is 10.2. The predicted molar refractivity (Wildman–Crippen MR) is 96.5 cm³/mol. The molecule has 0 aliphatic carbocycles. The van der Waals surface area contributed by atoms with Crippen molar-refractivity contribution in [3.8, 4) is 0 Å². The number of ether oxygens (including phenoxy) is 1. The van der Waals surface area contributed by atoms with Crippen LogP contribution in [0.1, 0.15) is 15.2 Å². The summed E-state index contributed by atoms with van der Waals surface area (Å²) in [5.74, 6) is -1.21. The van der Waals surface area contributed by atoms with Crippen molar-refractivity contribution in [3.63, 3.8) is 0 Å². The molecule has 24 heavy (non-hydrogen) atoms. The van der Waals surface area contributed by atoms with Crippen molar-refractivity contribution in [2.24, 2.45) is 0 Å². The molecule has 0 aliphatic rings. The zero-order valence-electron chi connectivity index (χ0n) is 12.2. The van der Waals surface area contributed by atoms with Crippen molar-refractivity contribution in [1.82, 2.24) is 0 Å². The van der Waals surface area contributed by atoms with Crippen molar-refractivity contribution in [3.05, 3.63) is 53.1 Å². The molecule has 0 saturated carbocycles. The largest absolute Gasteiger partial charge is 0.451 e. The minimum atomic E-state index is -0.627. The van der Waals surface area contributed by atoms with E-state index in [0.29, 0.717) is 16.1 Å². The second kappa shape index (κ2) is 7.86. The molecule has 0 aliphatic heterocycles. The zero-order chi connectivity index (χ0) is 17.9. The fourth-order valence-corrected chi connectivity index (χ4v) is 3.62. The number of nitrogens with one attached hydrogen (secondary N) is 1. The Kier molecular flexibility index (Phi) is 6.08. The van der Waals surface area contributed by atoms with Crippen LogP contribution in [0.5, 0.6) is 0 Å². The lowest BCUT2D eigenvalue weighted by molar-refractivity contribution is -0.384. The van der Waals surface area contributed by atoms with Gasteiger partial charge in [0.05, 0.1) is 14.4 Å². The van der Waals surface area contributed by atoms with E-state index in [2.05, 4.69) is 37.2 Å². The fraction of sp³-hybridized carbons (Fsp3) is 0.143. The maximum absolute atomic E-state index is 11.9. The SMILES string of the molecule is Cc1ccc([N+](=O)[O-])cc1NC(=O)COC(=O)c1cc(Br)c(Br)s1. The number of carbonyl (C=O) groups is 2. The topological polar surface area (TPSA) is 98.5 Å². The number of benzene rings is 1. The molecule has 1 amide bonds. The molecular formula is C14H10Br2N2O5S. The summed E-state index contributed by atoms with van der Waals surface area (Å²) in [7, 11) is 0. The van der Waals surface area contributed by atoms with Crippen molar-refractivity contribution in [2.75, 3.05) is 11.9 Å². The third kappa shape index (κ3) is 4.62. The normalized spacial score (nSPS) is 10.3. The van der Waals surface area contributed by atoms with Crippen LogP contribution in [0.4, 0.5) is 11.4 Å². The number of amides is 1. The summed E-state index contributed by atoms with van der Waals surface area (Å²) in [6.07, 6.45) is 0. The number of esters is 1. The third-order valence-corrected chi connectivity index (χ3v) is 6.12. The highest BCUT2D eigenvalue weighted by Gasteiger charge is 2.16. The Bertz CT molecular complexity index is 802. The molecule has 2 rings (SSSR count). The second-order valence-corrected chi connectivity index (χ2v) is 7.84. The molecule has 1 N–H and O–H groups in total. The number of carbonyl (C=O) groups excluding carboxylic acids is 2. The summed E-state index contributed by atoms with van der Waals surface area (Å²) >= 11 is 7.70. The summed E-state index contributed by atoms with van der Waals surface area (Å²) < 4.78 is 6.39. The van der Waals surface area contributed by atoms with Gasteiger partial charge in [0, 0.05) is 16.6 Å². The quantitative estimate of drug-likeness (QED) is 0.393. The van der Waals surface area contributed by atoms with Gasteiger partial charge in [0.1, 0.15) is 4.88 Å². The van der Waals surface area contributed by atoms with Gasteiger partial charge in [0.2, 0.25) is 0 Å². The summed E-state index contributed by atoms with van der Waals surface area (Å²) in [6, 6.07) is 5.71. The smallest absolute Gasteiger partial charge is 0.348 e. The highest BCUT2D eigenvalue weighted by molar-refractivity contribution is 9.13. The van der Waals surface area contributed by atoms with Gasteiger partial charge in [-0.2, -0.15) is 0 Å². The Morgan fingerprint density at radius 3 is 2.62 bits per heavy atom. The first-order valence-corrected chi connectivity index (χ1v) is 8.85. The number of rotatable bonds is 5. The van der Waals surface area contributed by atoms with Gasteiger partial charge in [0.25, 0.3) is 11.6 Å². The molecule has 126 valence electrons. The Morgan fingerprint density at radius 2 is 2.04 bits per heavy atom. The van der Waals surface area contributed by atoms with Gasteiger partial charge < -0.3 is 10.1 Å². The van der Waals surface area contributed by atoms with Crippen molar-refractivity contribution in [2.45, 2.75) is 6.92 Å². The minimum absolute atomic E-state index is 0.138. The molecule has 1 aromatic heterocycles. The molecule has 0 unspecified atom stereocenters. The first kappa shape index (κ1) is 18.6. The van der Waals surface area contributed by atoms with Gasteiger partial charge >= 0.3 is 5.97 Å². The van der Waals surface area contributed by atoms with Crippen LogP contribution in [0, 0.1) is 17.0 Å². The summed E-state index contributed by atoms with van der Waals surface area (Å²) in [5, 5.41) is 13.3. The van der Waals surface area contributed by atoms with Gasteiger partial charge in [-0.1, -0.05) is 6.07 Å². The van der Waals surface area contributed by atoms with Crippen LogP contribution >= 0.6 is 43.2 Å². The molecule has 0 fully saturated rings. The van der Waals surface area contributed by atoms with E-state index < -0.39 is 23.4 Å². The number of nitro benzene ring substituents is 1. The van der Waals surface area contributed by atoms with Gasteiger partial charge in [-0.15, -0.1) is 11.3 Å². The highest BCUT2D eigenvalue weighted by Crippen LogP contribution is 2.32. The summed E-state index contributed by atoms with van der Waals surface area (Å²) in [6.45, 7) is 1.21. The Balaban J connectivity index is 1.97. The highest BCUT2D eigenvalue weighted by atomic mass is 79.9. The van der Waals surface area contributed by atoms with E-state index in [0.717, 1.165) is 8.26 Å². The molecule has 0 saturated heterocycles. The van der Waals surface area contributed by atoms with Gasteiger partial charge in [-0.3, -0.25) is 14.9 Å². The number of hydrogen-bond acceptors (Lipinski definition) is 6. The number of aryl methyl sites for hydroxylation is 1. The standard InChI is InChI=1S/C14H10Br2N2O5S/c1-7-2-3-8(18(21)22)4-10(7)17-12(19)6-23-14(20)11-5-9(15)13(16)24-11/h2-5H,6H2,1H3,(H,17,19). The molecule has 0 radical (unpaired) electrons.